The molecule has 0 aromatic heterocycles. The van der Waals surface area contributed by atoms with Gasteiger partial charge in [0.25, 0.3) is 0 Å². The van der Waals surface area contributed by atoms with Gasteiger partial charge in [-0.1, -0.05) is 0 Å². The van der Waals surface area contributed by atoms with Crippen LogP contribution in [0.5, 0.6) is 0 Å². The molecular weight excluding hydrogens is 347 g/mol. The molecule has 25 heavy (non-hydrogen) atoms. The molecule has 2 aliphatic rings. The number of rotatable bonds is 5. The number of carbonyl (C=O) groups excluding carboxylic acids is 1. The van der Waals surface area contributed by atoms with Gasteiger partial charge < -0.3 is 10.1 Å². The van der Waals surface area contributed by atoms with Crippen molar-refractivity contribution in [1.29, 1.82) is 0 Å². The Morgan fingerprint density at radius 1 is 1.24 bits per heavy atom. The summed E-state index contributed by atoms with van der Waals surface area (Å²) >= 11 is 0. The van der Waals surface area contributed by atoms with Gasteiger partial charge in [0.2, 0.25) is 15.9 Å². The van der Waals surface area contributed by atoms with Crippen molar-refractivity contribution in [3.05, 3.63) is 30.1 Å². The summed E-state index contributed by atoms with van der Waals surface area (Å²) < 4.78 is 45.2. The molecule has 3 rings (SSSR count). The normalized spacial score (nSPS) is 25.0. The van der Waals surface area contributed by atoms with Gasteiger partial charge in [0.15, 0.2) is 0 Å². The molecule has 0 aliphatic carbocycles. The summed E-state index contributed by atoms with van der Waals surface area (Å²) in [4.78, 5) is 12.4. The third kappa shape index (κ3) is 4.37. The van der Waals surface area contributed by atoms with E-state index in [9.17, 15) is 17.6 Å². The van der Waals surface area contributed by atoms with Crippen molar-refractivity contribution in [3.8, 4) is 0 Å². The fraction of sp³-hybridized carbons (Fsp3) is 0.588. The van der Waals surface area contributed by atoms with Crippen LogP contribution in [0.4, 0.5) is 4.39 Å². The van der Waals surface area contributed by atoms with E-state index < -0.39 is 15.8 Å². The van der Waals surface area contributed by atoms with Crippen molar-refractivity contribution < 1.29 is 22.3 Å². The first-order chi connectivity index (χ1) is 12.0. The lowest BCUT2D eigenvalue weighted by Gasteiger charge is -2.31. The zero-order chi connectivity index (χ0) is 17.9. The predicted octanol–water partition coefficient (Wildman–Crippen LogP) is 1.52. The average molecular weight is 370 g/mol. The lowest BCUT2D eigenvalue weighted by atomic mass is 9.99. The van der Waals surface area contributed by atoms with Crippen LogP contribution in [0.25, 0.3) is 0 Å². The molecule has 1 aromatic carbocycles. The third-order valence-corrected chi connectivity index (χ3v) is 6.61. The van der Waals surface area contributed by atoms with Crippen LogP contribution in [0.1, 0.15) is 25.7 Å². The molecule has 2 heterocycles. The fourth-order valence-electron chi connectivity index (χ4n) is 3.29. The van der Waals surface area contributed by atoms with E-state index in [2.05, 4.69) is 5.32 Å². The van der Waals surface area contributed by atoms with Crippen molar-refractivity contribution in [3.63, 3.8) is 0 Å². The lowest BCUT2D eigenvalue weighted by Crippen LogP contribution is -2.46. The summed E-state index contributed by atoms with van der Waals surface area (Å²) in [5.41, 5.74) is 0. The molecular formula is C17H23FN2O4S. The molecule has 2 saturated heterocycles. The van der Waals surface area contributed by atoms with E-state index >= 15 is 0 Å². The first-order valence-electron chi connectivity index (χ1n) is 8.62. The Bertz CT molecular complexity index is 702. The Labute approximate surface area is 147 Å². The van der Waals surface area contributed by atoms with E-state index in [4.69, 9.17) is 4.74 Å². The lowest BCUT2D eigenvalue weighted by molar-refractivity contribution is -0.126. The molecule has 0 saturated carbocycles. The zero-order valence-electron chi connectivity index (χ0n) is 14.0. The molecule has 138 valence electrons. The Kier molecular flexibility index (Phi) is 5.71. The highest BCUT2D eigenvalue weighted by molar-refractivity contribution is 7.89. The quantitative estimate of drug-likeness (QED) is 0.853. The summed E-state index contributed by atoms with van der Waals surface area (Å²) in [6.45, 7) is 1.72. The van der Waals surface area contributed by atoms with Crippen LogP contribution >= 0.6 is 0 Å². The maximum Gasteiger partial charge on any atom is 0.243 e. The number of sulfonamides is 1. The van der Waals surface area contributed by atoms with E-state index in [-0.39, 0.29) is 29.4 Å². The Morgan fingerprint density at radius 3 is 2.68 bits per heavy atom. The van der Waals surface area contributed by atoms with Crippen molar-refractivity contribution in [2.45, 2.75) is 36.7 Å². The van der Waals surface area contributed by atoms with Crippen molar-refractivity contribution in [1.82, 2.24) is 9.62 Å². The minimum atomic E-state index is -3.71. The van der Waals surface area contributed by atoms with E-state index in [1.807, 2.05) is 0 Å². The van der Waals surface area contributed by atoms with Crippen LogP contribution < -0.4 is 5.32 Å². The van der Waals surface area contributed by atoms with Crippen molar-refractivity contribution in [2.75, 3.05) is 26.2 Å². The molecule has 2 atom stereocenters. The van der Waals surface area contributed by atoms with Gasteiger partial charge in [-0.05, 0) is 49.9 Å². The van der Waals surface area contributed by atoms with Gasteiger partial charge in [0, 0.05) is 26.2 Å². The van der Waals surface area contributed by atoms with Gasteiger partial charge in [0.1, 0.15) is 5.82 Å². The summed E-state index contributed by atoms with van der Waals surface area (Å²) in [5, 5.41) is 2.88. The van der Waals surface area contributed by atoms with Gasteiger partial charge in [0.05, 0.1) is 16.9 Å². The topological polar surface area (TPSA) is 75.7 Å². The van der Waals surface area contributed by atoms with Crippen molar-refractivity contribution >= 4 is 15.9 Å². The second-order valence-electron chi connectivity index (χ2n) is 6.54. The summed E-state index contributed by atoms with van der Waals surface area (Å²) in [6.07, 6.45) is 3.29. The largest absolute Gasteiger partial charge is 0.376 e. The third-order valence-electron chi connectivity index (χ3n) is 4.73. The number of hydrogen-bond donors (Lipinski definition) is 1. The minimum absolute atomic E-state index is 0.0503. The number of hydrogen-bond acceptors (Lipinski definition) is 4. The molecule has 6 nitrogen and oxygen atoms in total. The Morgan fingerprint density at radius 2 is 2.00 bits per heavy atom. The highest BCUT2D eigenvalue weighted by atomic mass is 32.2. The molecule has 1 amide bonds. The number of benzene rings is 1. The summed E-state index contributed by atoms with van der Waals surface area (Å²) in [6, 6.07) is 4.77. The SMILES string of the molecule is O=C(NC[C@@H]1CCCO1)[C@H]1CCCN(S(=O)(=O)c2ccc(F)cc2)C1. The van der Waals surface area contributed by atoms with Crippen LogP contribution in [0.15, 0.2) is 29.2 Å². The van der Waals surface area contributed by atoms with Crippen LogP contribution in [0.2, 0.25) is 0 Å². The van der Waals surface area contributed by atoms with Gasteiger partial charge >= 0.3 is 0 Å². The molecule has 8 heteroatoms. The van der Waals surface area contributed by atoms with Crippen LogP contribution in [0.3, 0.4) is 0 Å². The highest BCUT2D eigenvalue weighted by Gasteiger charge is 2.33. The summed E-state index contributed by atoms with van der Waals surface area (Å²) in [7, 11) is -3.71. The van der Waals surface area contributed by atoms with Gasteiger partial charge in [-0.25, -0.2) is 12.8 Å². The first-order valence-corrected chi connectivity index (χ1v) is 10.1. The number of carbonyl (C=O) groups is 1. The molecule has 2 aliphatic heterocycles. The predicted molar refractivity (Wildman–Crippen MR) is 89.9 cm³/mol. The van der Waals surface area contributed by atoms with E-state index in [0.717, 1.165) is 31.6 Å². The monoisotopic (exact) mass is 370 g/mol. The second kappa shape index (κ2) is 7.80. The molecule has 1 aromatic rings. The number of nitrogens with zero attached hydrogens (tertiary/aromatic N) is 1. The smallest absolute Gasteiger partial charge is 0.243 e. The fourth-order valence-corrected chi connectivity index (χ4v) is 4.82. The van der Waals surface area contributed by atoms with E-state index in [1.54, 1.807) is 0 Å². The molecule has 0 radical (unpaired) electrons. The van der Waals surface area contributed by atoms with E-state index in [1.165, 1.54) is 16.4 Å². The molecule has 2 fully saturated rings. The van der Waals surface area contributed by atoms with Gasteiger partial charge in [-0.2, -0.15) is 4.31 Å². The Balaban J connectivity index is 1.61. The zero-order valence-corrected chi connectivity index (χ0v) is 14.8. The molecule has 0 spiro atoms. The minimum Gasteiger partial charge on any atom is -0.376 e. The van der Waals surface area contributed by atoms with Gasteiger partial charge in [-0.15, -0.1) is 0 Å². The first kappa shape index (κ1) is 18.3. The average Bonchev–Trinajstić information content (AvgIpc) is 3.14. The number of amides is 1. The molecule has 0 bridgehead atoms. The molecule has 1 N–H and O–H groups in total. The standard InChI is InChI=1S/C17H23FN2O4S/c18-14-5-7-16(8-6-14)25(22,23)20-9-1-3-13(12-20)17(21)19-11-15-4-2-10-24-15/h5-8,13,15H,1-4,9-12H2,(H,19,21)/t13-,15-/m0/s1. The van der Waals surface area contributed by atoms with Crippen LogP contribution in [-0.4, -0.2) is 51.0 Å². The van der Waals surface area contributed by atoms with E-state index in [0.29, 0.717) is 25.9 Å². The maximum atomic E-state index is 13.0. The number of nitrogens with one attached hydrogen (secondary N) is 1. The number of piperidine rings is 1. The maximum absolute atomic E-state index is 13.0. The Hall–Kier alpha value is -1.51. The number of halogens is 1. The van der Waals surface area contributed by atoms with Gasteiger partial charge in [-0.3, -0.25) is 4.79 Å². The van der Waals surface area contributed by atoms with Crippen molar-refractivity contribution in [2.24, 2.45) is 5.92 Å². The molecule has 0 unspecified atom stereocenters. The highest BCUT2D eigenvalue weighted by Crippen LogP contribution is 2.24. The van der Waals surface area contributed by atoms with Crippen LogP contribution in [0, 0.1) is 11.7 Å². The number of ether oxygens (including phenoxy) is 1. The van der Waals surface area contributed by atoms with Crippen LogP contribution in [-0.2, 0) is 19.6 Å². The summed E-state index contributed by atoms with van der Waals surface area (Å²) in [5.74, 6) is -0.983. The second-order valence-corrected chi connectivity index (χ2v) is 8.47.